The van der Waals surface area contributed by atoms with Crippen LogP contribution in [0.3, 0.4) is 0 Å². The molecular weight excluding hydrogens is 260 g/mol. The Labute approximate surface area is 126 Å². The normalized spacial score (nSPS) is 20.2. The van der Waals surface area contributed by atoms with Crippen LogP contribution in [-0.2, 0) is 0 Å². The minimum atomic E-state index is -0.245. The maximum Gasteiger partial charge on any atom is 0.0726 e. The number of anilines is 1. The lowest BCUT2D eigenvalue weighted by atomic mass is 10.0. The molecule has 2 heterocycles. The molecule has 0 spiro atoms. The Morgan fingerprint density at radius 2 is 2.10 bits per heavy atom. The molecule has 112 valence electrons. The average Bonchev–Trinajstić information content (AvgIpc) is 2.87. The zero-order valence-corrected chi connectivity index (χ0v) is 13.1. The Balaban J connectivity index is 2.12. The second-order valence-electron chi connectivity index (χ2n) is 6.26. The third-order valence-electron chi connectivity index (χ3n) is 4.62. The van der Waals surface area contributed by atoms with Crippen molar-refractivity contribution in [1.82, 2.24) is 4.98 Å². The lowest BCUT2D eigenvalue weighted by Gasteiger charge is -2.30. The second kappa shape index (κ2) is 5.64. The largest absolute Gasteiger partial charge is 0.393 e. The zero-order valence-electron chi connectivity index (χ0n) is 13.1. The monoisotopic (exact) mass is 284 g/mol. The highest BCUT2D eigenvalue weighted by Crippen LogP contribution is 2.36. The average molecular weight is 284 g/mol. The summed E-state index contributed by atoms with van der Waals surface area (Å²) in [4.78, 5) is 7.22. The second-order valence-corrected chi connectivity index (χ2v) is 6.26. The smallest absolute Gasteiger partial charge is 0.0726 e. The molecule has 1 aliphatic heterocycles. The van der Waals surface area contributed by atoms with Gasteiger partial charge in [0.25, 0.3) is 0 Å². The Morgan fingerprint density at radius 3 is 2.86 bits per heavy atom. The Hall–Kier alpha value is -1.61. The van der Waals surface area contributed by atoms with Gasteiger partial charge in [0.15, 0.2) is 0 Å². The zero-order chi connectivity index (χ0) is 15.0. The van der Waals surface area contributed by atoms with Gasteiger partial charge in [0, 0.05) is 23.7 Å². The Morgan fingerprint density at radius 1 is 1.33 bits per heavy atom. The number of para-hydroxylation sites is 1. The van der Waals surface area contributed by atoms with E-state index >= 15 is 0 Å². The highest BCUT2D eigenvalue weighted by Gasteiger charge is 2.28. The summed E-state index contributed by atoms with van der Waals surface area (Å²) in [5, 5.41) is 11.0. The molecule has 1 aromatic carbocycles. The summed E-state index contributed by atoms with van der Waals surface area (Å²) >= 11 is 0. The van der Waals surface area contributed by atoms with Crippen molar-refractivity contribution in [1.29, 1.82) is 0 Å². The fourth-order valence-electron chi connectivity index (χ4n) is 3.55. The van der Waals surface area contributed by atoms with Gasteiger partial charge in [-0.3, -0.25) is 4.98 Å². The van der Waals surface area contributed by atoms with Crippen LogP contribution >= 0.6 is 0 Å². The van der Waals surface area contributed by atoms with Crippen molar-refractivity contribution in [3.8, 4) is 0 Å². The molecule has 2 atom stereocenters. The summed E-state index contributed by atoms with van der Waals surface area (Å²) in [6.07, 6.45) is 2.96. The van der Waals surface area contributed by atoms with Crippen LogP contribution in [0.25, 0.3) is 10.9 Å². The number of hydrogen-bond donors (Lipinski definition) is 1. The number of aryl methyl sites for hydroxylation is 1. The number of aliphatic hydroxyl groups excluding tert-OH is 1. The molecule has 0 aliphatic carbocycles. The molecule has 1 aromatic heterocycles. The van der Waals surface area contributed by atoms with Gasteiger partial charge in [-0.05, 0) is 51.7 Å². The van der Waals surface area contributed by atoms with Crippen molar-refractivity contribution < 1.29 is 5.11 Å². The fourth-order valence-corrected chi connectivity index (χ4v) is 3.55. The maximum atomic E-state index is 9.78. The molecule has 1 fully saturated rings. The SMILES string of the molecule is Cc1nc2ccccc2c(N2CCCC2CC(C)O)c1C. The van der Waals surface area contributed by atoms with E-state index in [1.807, 2.05) is 13.0 Å². The first-order valence-corrected chi connectivity index (χ1v) is 7.88. The van der Waals surface area contributed by atoms with E-state index < -0.39 is 0 Å². The number of hydrogen-bond acceptors (Lipinski definition) is 3. The first kappa shape index (κ1) is 14.3. The van der Waals surface area contributed by atoms with Crippen LogP contribution < -0.4 is 4.90 Å². The van der Waals surface area contributed by atoms with Crippen molar-refractivity contribution in [2.45, 2.75) is 52.2 Å². The third-order valence-corrected chi connectivity index (χ3v) is 4.62. The highest BCUT2D eigenvalue weighted by molar-refractivity contribution is 5.94. The molecule has 2 aromatic rings. The number of aromatic nitrogens is 1. The molecule has 1 aliphatic rings. The van der Waals surface area contributed by atoms with Gasteiger partial charge in [0.05, 0.1) is 17.3 Å². The van der Waals surface area contributed by atoms with Gasteiger partial charge in [-0.15, -0.1) is 0 Å². The van der Waals surface area contributed by atoms with E-state index in [9.17, 15) is 5.11 Å². The summed E-state index contributed by atoms with van der Waals surface area (Å²) in [7, 11) is 0. The summed E-state index contributed by atoms with van der Waals surface area (Å²) in [5.74, 6) is 0. The van der Waals surface area contributed by atoms with E-state index in [-0.39, 0.29) is 6.10 Å². The van der Waals surface area contributed by atoms with Gasteiger partial charge in [0.2, 0.25) is 0 Å². The van der Waals surface area contributed by atoms with Crippen LogP contribution in [0.1, 0.15) is 37.4 Å². The standard InChI is InChI=1S/C18H24N2O/c1-12(21)11-15-7-6-10-20(15)18-13(2)14(3)19-17-9-5-4-8-16(17)18/h4-5,8-9,12,15,21H,6-7,10-11H2,1-3H3. The van der Waals surface area contributed by atoms with Gasteiger partial charge < -0.3 is 10.0 Å². The number of pyridine rings is 1. The Kier molecular flexibility index (Phi) is 3.85. The third kappa shape index (κ3) is 2.62. The molecule has 3 nitrogen and oxygen atoms in total. The lowest BCUT2D eigenvalue weighted by molar-refractivity contribution is 0.175. The van der Waals surface area contributed by atoms with Gasteiger partial charge >= 0.3 is 0 Å². The van der Waals surface area contributed by atoms with Crippen molar-refractivity contribution >= 4 is 16.6 Å². The molecule has 0 radical (unpaired) electrons. The van der Waals surface area contributed by atoms with Crippen LogP contribution in [0.4, 0.5) is 5.69 Å². The van der Waals surface area contributed by atoms with Gasteiger partial charge in [-0.25, -0.2) is 0 Å². The number of fused-ring (bicyclic) bond motifs is 1. The van der Waals surface area contributed by atoms with Crippen molar-refractivity contribution in [2.24, 2.45) is 0 Å². The molecule has 1 N–H and O–H groups in total. The maximum absolute atomic E-state index is 9.78. The van der Waals surface area contributed by atoms with Gasteiger partial charge in [0.1, 0.15) is 0 Å². The number of benzene rings is 1. The van der Waals surface area contributed by atoms with Gasteiger partial charge in [-0.1, -0.05) is 18.2 Å². The van der Waals surface area contributed by atoms with Crippen LogP contribution in [0.2, 0.25) is 0 Å². The fraction of sp³-hybridized carbons (Fsp3) is 0.500. The summed E-state index contributed by atoms with van der Waals surface area (Å²) < 4.78 is 0. The van der Waals surface area contributed by atoms with E-state index in [4.69, 9.17) is 4.98 Å². The summed E-state index contributed by atoms with van der Waals surface area (Å²) in [5.41, 5.74) is 4.76. The van der Waals surface area contributed by atoms with Crippen LogP contribution in [0.5, 0.6) is 0 Å². The summed E-state index contributed by atoms with van der Waals surface area (Å²) in [6.45, 7) is 7.22. The quantitative estimate of drug-likeness (QED) is 0.935. The predicted molar refractivity (Wildman–Crippen MR) is 87.9 cm³/mol. The lowest BCUT2D eigenvalue weighted by Crippen LogP contribution is -2.32. The molecule has 3 rings (SSSR count). The van der Waals surface area contributed by atoms with Crippen LogP contribution in [-0.4, -0.2) is 28.8 Å². The number of aliphatic hydroxyl groups is 1. The molecule has 0 amide bonds. The van der Waals surface area contributed by atoms with E-state index in [1.54, 1.807) is 0 Å². The minimum Gasteiger partial charge on any atom is -0.393 e. The minimum absolute atomic E-state index is 0.245. The van der Waals surface area contributed by atoms with E-state index in [2.05, 4.69) is 36.9 Å². The molecule has 0 saturated carbocycles. The molecule has 2 unspecified atom stereocenters. The first-order valence-electron chi connectivity index (χ1n) is 7.88. The molecule has 0 bridgehead atoms. The first-order chi connectivity index (χ1) is 10.1. The molecule has 21 heavy (non-hydrogen) atoms. The van der Waals surface area contributed by atoms with Gasteiger partial charge in [-0.2, -0.15) is 0 Å². The topological polar surface area (TPSA) is 36.4 Å². The Bertz CT molecular complexity index is 651. The molecular formula is C18H24N2O. The van der Waals surface area contributed by atoms with Crippen molar-refractivity contribution in [2.75, 3.05) is 11.4 Å². The van der Waals surface area contributed by atoms with Crippen LogP contribution in [0.15, 0.2) is 24.3 Å². The number of rotatable bonds is 3. The number of nitrogens with zero attached hydrogens (tertiary/aromatic N) is 2. The summed E-state index contributed by atoms with van der Waals surface area (Å²) in [6, 6.07) is 8.83. The van der Waals surface area contributed by atoms with E-state index in [1.165, 1.54) is 29.5 Å². The predicted octanol–water partition coefficient (Wildman–Crippen LogP) is 3.59. The molecule has 1 saturated heterocycles. The molecule has 3 heteroatoms. The van der Waals surface area contributed by atoms with Crippen LogP contribution in [0, 0.1) is 13.8 Å². The highest BCUT2D eigenvalue weighted by atomic mass is 16.3. The van der Waals surface area contributed by atoms with E-state index in [0.717, 1.165) is 24.2 Å². The van der Waals surface area contributed by atoms with Crippen molar-refractivity contribution in [3.63, 3.8) is 0 Å². The van der Waals surface area contributed by atoms with Crippen molar-refractivity contribution in [3.05, 3.63) is 35.5 Å². The van der Waals surface area contributed by atoms with E-state index in [0.29, 0.717) is 6.04 Å².